The first kappa shape index (κ1) is 18.5. The molecular weight excluding hydrogens is 378 g/mol. The Morgan fingerprint density at radius 2 is 2.00 bits per heavy atom. The molecule has 1 aromatic carbocycles. The summed E-state index contributed by atoms with van der Waals surface area (Å²) in [5.74, 6) is 1.26. The molecule has 0 atom stereocenters. The van der Waals surface area contributed by atoms with E-state index in [-0.39, 0.29) is 0 Å². The SMILES string of the molecule is Cc1cc(-c2cccnc2)ccc1Nc1nc(NC2CCOCC2)c2nc[nH]c2n1. The van der Waals surface area contributed by atoms with Crippen molar-refractivity contribution in [2.24, 2.45) is 0 Å². The lowest BCUT2D eigenvalue weighted by Crippen LogP contribution is -2.28. The second-order valence-corrected chi connectivity index (χ2v) is 7.42. The number of anilines is 3. The van der Waals surface area contributed by atoms with Gasteiger partial charge in [0.05, 0.1) is 6.33 Å². The molecule has 8 heteroatoms. The maximum absolute atomic E-state index is 5.46. The van der Waals surface area contributed by atoms with Crippen LogP contribution in [-0.4, -0.2) is 44.2 Å². The summed E-state index contributed by atoms with van der Waals surface area (Å²) >= 11 is 0. The van der Waals surface area contributed by atoms with E-state index in [2.05, 4.69) is 55.7 Å². The molecule has 1 fully saturated rings. The van der Waals surface area contributed by atoms with Crippen LogP contribution < -0.4 is 10.6 Å². The van der Waals surface area contributed by atoms with Crippen LogP contribution in [0.15, 0.2) is 49.1 Å². The van der Waals surface area contributed by atoms with Gasteiger partial charge in [-0.05, 0) is 54.7 Å². The predicted molar refractivity (Wildman–Crippen MR) is 117 cm³/mol. The zero-order valence-corrected chi connectivity index (χ0v) is 16.7. The lowest BCUT2D eigenvalue weighted by atomic mass is 10.0. The second kappa shape index (κ2) is 8.08. The smallest absolute Gasteiger partial charge is 0.231 e. The summed E-state index contributed by atoms with van der Waals surface area (Å²) in [5, 5.41) is 6.88. The number of imidazole rings is 1. The fraction of sp³-hybridized carbons (Fsp3) is 0.273. The molecule has 5 rings (SSSR count). The number of rotatable bonds is 5. The van der Waals surface area contributed by atoms with E-state index in [9.17, 15) is 0 Å². The van der Waals surface area contributed by atoms with Crippen LogP contribution in [0.2, 0.25) is 0 Å². The minimum Gasteiger partial charge on any atom is -0.381 e. The summed E-state index contributed by atoms with van der Waals surface area (Å²) in [6, 6.07) is 10.6. The highest BCUT2D eigenvalue weighted by molar-refractivity contribution is 5.84. The molecule has 0 unspecified atom stereocenters. The maximum Gasteiger partial charge on any atom is 0.231 e. The fourth-order valence-corrected chi connectivity index (χ4v) is 3.67. The average molecular weight is 401 g/mol. The Balaban J connectivity index is 1.42. The lowest BCUT2D eigenvalue weighted by Gasteiger charge is -2.23. The monoisotopic (exact) mass is 401 g/mol. The number of benzene rings is 1. The Labute approximate surface area is 174 Å². The van der Waals surface area contributed by atoms with E-state index in [1.54, 1.807) is 12.5 Å². The van der Waals surface area contributed by atoms with Crippen molar-refractivity contribution < 1.29 is 4.74 Å². The maximum atomic E-state index is 5.46. The topological polar surface area (TPSA) is 101 Å². The van der Waals surface area contributed by atoms with Crippen molar-refractivity contribution in [2.75, 3.05) is 23.8 Å². The van der Waals surface area contributed by atoms with Crippen molar-refractivity contribution in [3.8, 4) is 11.1 Å². The molecule has 152 valence electrons. The number of fused-ring (bicyclic) bond motifs is 1. The zero-order chi connectivity index (χ0) is 20.3. The molecule has 0 aliphatic carbocycles. The standard InChI is InChI=1S/C22H23N7O/c1-14-11-15(16-3-2-8-23-12-16)4-5-18(14)27-22-28-20-19(24-13-25-20)21(29-22)26-17-6-9-30-10-7-17/h2-5,8,11-13,17H,6-7,9-10H2,1H3,(H3,24,25,26,27,28,29). The minimum atomic E-state index is 0.321. The molecule has 0 saturated carbocycles. The number of aromatic nitrogens is 5. The first-order chi connectivity index (χ1) is 14.8. The normalized spacial score (nSPS) is 14.7. The van der Waals surface area contributed by atoms with E-state index in [1.165, 1.54) is 0 Å². The van der Waals surface area contributed by atoms with Gasteiger partial charge in [-0.15, -0.1) is 0 Å². The predicted octanol–water partition coefficient (Wildman–Crippen LogP) is 4.06. The van der Waals surface area contributed by atoms with Gasteiger partial charge in [0.15, 0.2) is 11.5 Å². The summed E-state index contributed by atoms with van der Waals surface area (Å²) < 4.78 is 5.46. The van der Waals surface area contributed by atoms with Crippen molar-refractivity contribution in [1.29, 1.82) is 0 Å². The fourth-order valence-electron chi connectivity index (χ4n) is 3.67. The molecule has 1 aliphatic heterocycles. The third-order valence-corrected chi connectivity index (χ3v) is 5.31. The van der Waals surface area contributed by atoms with E-state index in [0.717, 1.165) is 59.8 Å². The molecule has 0 spiro atoms. The molecule has 4 heterocycles. The van der Waals surface area contributed by atoms with Crippen LogP contribution in [-0.2, 0) is 4.74 Å². The van der Waals surface area contributed by atoms with Gasteiger partial charge in [-0.3, -0.25) is 4.98 Å². The molecule has 8 nitrogen and oxygen atoms in total. The highest BCUT2D eigenvalue weighted by Gasteiger charge is 2.18. The van der Waals surface area contributed by atoms with Gasteiger partial charge in [-0.1, -0.05) is 12.1 Å². The zero-order valence-electron chi connectivity index (χ0n) is 16.7. The average Bonchev–Trinajstić information content (AvgIpc) is 3.26. The van der Waals surface area contributed by atoms with Crippen molar-refractivity contribution in [1.82, 2.24) is 24.9 Å². The number of aromatic amines is 1. The molecule has 3 N–H and O–H groups in total. The number of nitrogens with one attached hydrogen (secondary N) is 3. The quantitative estimate of drug-likeness (QED) is 0.464. The van der Waals surface area contributed by atoms with Gasteiger partial charge < -0.3 is 20.4 Å². The van der Waals surface area contributed by atoms with Crippen LogP contribution in [0.1, 0.15) is 18.4 Å². The van der Waals surface area contributed by atoms with Gasteiger partial charge >= 0.3 is 0 Å². The van der Waals surface area contributed by atoms with Crippen molar-refractivity contribution in [2.45, 2.75) is 25.8 Å². The molecule has 0 bridgehead atoms. The molecule has 30 heavy (non-hydrogen) atoms. The van der Waals surface area contributed by atoms with E-state index >= 15 is 0 Å². The van der Waals surface area contributed by atoms with Gasteiger partial charge in [-0.25, -0.2) is 4.98 Å². The summed E-state index contributed by atoms with van der Waals surface area (Å²) in [4.78, 5) is 21.0. The third-order valence-electron chi connectivity index (χ3n) is 5.31. The van der Waals surface area contributed by atoms with Crippen LogP contribution in [0.5, 0.6) is 0 Å². The van der Waals surface area contributed by atoms with E-state index in [0.29, 0.717) is 17.6 Å². The Morgan fingerprint density at radius 1 is 1.10 bits per heavy atom. The van der Waals surface area contributed by atoms with E-state index in [4.69, 9.17) is 9.72 Å². The number of hydrogen-bond acceptors (Lipinski definition) is 7. The summed E-state index contributed by atoms with van der Waals surface area (Å²) in [7, 11) is 0. The first-order valence-corrected chi connectivity index (χ1v) is 10.1. The highest BCUT2D eigenvalue weighted by atomic mass is 16.5. The van der Waals surface area contributed by atoms with Crippen molar-refractivity contribution in [3.63, 3.8) is 0 Å². The Bertz CT molecular complexity index is 1150. The number of pyridine rings is 1. The van der Waals surface area contributed by atoms with Gasteiger partial charge in [0.2, 0.25) is 5.95 Å². The lowest BCUT2D eigenvalue weighted by molar-refractivity contribution is 0.0904. The Hall–Kier alpha value is -3.52. The summed E-state index contributed by atoms with van der Waals surface area (Å²) in [6.45, 7) is 3.60. The van der Waals surface area contributed by atoms with Gasteiger partial charge in [0, 0.05) is 37.3 Å². The van der Waals surface area contributed by atoms with Gasteiger partial charge in [0.25, 0.3) is 0 Å². The summed E-state index contributed by atoms with van der Waals surface area (Å²) in [5.41, 5.74) is 5.72. The Kier molecular flexibility index (Phi) is 4.98. The number of aryl methyl sites for hydroxylation is 1. The highest BCUT2D eigenvalue weighted by Crippen LogP contribution is 2.27. The second-order valence-electron chi connectivity index (χ2n) is 7.42. The largest absolute Gasteiger partial charge is 0.381 e. The molecule has 1 saturated heterocycles. The number of hydrogen-bond donors (Lipinski definition) is 3. The van der Waals surface area contributed by atoms with Gasteiger partial charge in [-0.2, -0.15) is 9.97 Å². The molecule has 0 radical (unpaired) electrons. The third kappa shape index (κ3) is 3.81. The van der Waals surface area contributed by atoms with Crippen molar-refractivity contribution in [3.05, 3.63) is 54.6 Å². The molecule has 0 amide bonds. The number of nitrogens with zero attached hydrogens (tertiary/aromatic N) is 4. The number of ether oxygens (including phenoxy) is 1. The van der Waals surface area contributed by atoms with Crippen LogP contribution >= 0.6 is 0 Å². The van der Waals surface area contributed by atoms with Crippen LogP contribution in [0.4, 0.5) is 17.5 Å². The molecular formula is C22H23N7O. The van der Waals surface area contributed by atoms with E-state index in [1.807, 2.05) is 18.3 Å². The Morgan fingerprint density at radius 3 is 2.80 bits per heavy atom. The van der Waals surface area contributed by atoms with E-state index < -0.39 is 0 Å². The summed E-state index contributed by atoms with van der Waals surface area (Å²) in [6.07, 6.45) is 7.19. The number of H-pyrrole nitrogens is 1. The van der Waals surface area contributed by atoms with Gasteiger partial charge in [0.1, 0.15) is 5.52 Å². The molecule has 3 aromatic heterocycles. The van der Waals surface area contributed by atoms with Crippen LogP contribution in [0, 0.1) is 6.92 Å². The van der Waals surface area contributed by atoms with Crippen molar-refractivity contribution >= 4 is 28.6 Å². The van der Waals surface area contributed by atoms with Crippen LogP contribution in [0.3, 0.4) is 0 Å². The molecule has 4 aromatic rings. The minimum absolute atomic E-state index is 0.321. The first-order valence-electron chi connectivity index (χ1n) is 10.1. The molecule has 1 aliphatic rings. The van der Waals surface area contributed by atoms with Crippen LogP contribution in [0.25, 0.3) is 22.3 Å².